The molecule has 22 heavy (non-hydrogen) atoms. The minimum atomic E-state index is -3.12. The van der Waals surface area contributed by atoms with Crippen LogP contribution in [0.3, 0.4) is 0 Å². The quantitative estimate of drug-likeness (QED) is 0.398. The molecule has 2 N–H and O–H groups in total. The highest BCUT2D eigenvalue weighted by molar-refractivity contribution is 7.53. The Kier molecular flexibility index (Phi) is 13.6. The van der Waals surface area contributed by atoms with Gasteiger partial charge in [-0.15, -0.1) is 0 Å². The molecular weight excluding hydrogens is 297 g/mol. The van der Waals surface area contributed by atoms with Crippen molar-refractivity contribution in [3.8, 4) is 0 Å². The van der Waals surface area contributed by atoms with Crippen LogP contribution in [-0.4, -0.2) is 19.5 Å². The maximum Gasteiger partial charge on any atom is 0.344 e. The first-order chi connectivity index (χ1) is 10.5. The summed E-state index contributed by atoms with van der Waals surface area (Å²) in [5.74, 6) is 0.899. The third kappa shape index (κ3) is 9.99. The van der Waals surface area contributed by atoms with E-state index in [2.05, 4.69) is 27.7 Å². The highest BCUT2D eigenvalue weighted by atomic mass is 31.2. The van der Waals surface area contributed by atoms with Crippen LogP contribution in [-0.2, 0) is 13.6 Å². The molecule has 0 rings (SSSR count). The van der Waals surface area contributed by atoms with E-state index >= 15 is 0 Å². The van der Waals surface area contributed by atoms with E-state index in [9.17, 15) is 4.57 Å². The van der Waals surface area contributed by atoms with Gasteiger partial charge in [0.1, 0.15) is 0 Å². The molecule has 0 bridgehead atoms. The van der Waals surface area contributed by atoms with Crippen LogP contribution in [0.5, 0.6) is 0 Å². The molecule has 0 radical (unpaired) electrons. The Hall–Kier alpha value is 0.110. The summed E-state index contributed by atoms with van der Waals surface area (Å²) in [6, 6.07) is 0. The molecule has 0 fully saturated rings. The van der Waals surface area contributed by atoms with Gasteiger partial charge in [-0.05, 0) is 24.7 Å². The van der Waals surface area contributed by atoms with Gasteiger partial charge in [0.2, 0.25) is 0 Å². The van der Waals surface area contributed by atoms with E-state index in [1.54, 1.807) is 0 Å². The summed E-state index contributed by atoms with van der Waals surface area (Å²) >= 11 is 0. The Labute approximate surface area is 138 Å². The molecule has 0 amide bonds. The normalized spacial score (nSPS) is 17.1. The third-order valence-electron chi connectivity index (χ3n) is 4.32. The first-order valence-electron chi connectivity index (χ1n) is 9.13. The number of hydrogen-bond donors (Lipinski definition) is 1. The third-order valence-corrected chi connectivity index (χ3v) is 5.86. The van der Waals surface area contributed by atoms with Gasteiger partial charge in [-0.25, -0.2) is 0 Å². The summed E-state index contributed by atoms with van der Waals surface area (Å²) in [5, 5.41) is 0. The average molecular weight is 335 g/mol. The van der Waals surface area contributed by atoms with Crippen molar-refractivity contribution < 1.29 is 13.6 Å². The largest absolute Gasteiger partial charge is 0.344 e. The van der Waals surface area contributed by atoms with Gasteiger partial charge < -0.3 is 14.8 Å². The predicted octanol–water partition coefficient (Wildman–Crippen LogP) is 5.56. The monoisotopic (exact) mass is 335 g/mol. The van der Waals surface area contributed by atoms with E-state index < -0.39 is 7.60 Å². The summed E-state index contributed by atoms with van der Waals surface area (Å²) < 4.78 is 23.9. The topological polar surface area (TPSA) is 61.5 Å². The number of nitrogens with two attached hydrogens (primary N) is 1. The molecule has 0 aromatic rings. The van der Waals surface area contributed by atoms with Crippen LogP contribution in [0, 0.1) is 11.8 Å². The average Bonchev–Trinajstić information content (AvgIpc) is 2.55. The summed E-state index contributed by atoms with van der Waals surface area (Å²) in [6.45, 7) is 9.66. The Morgan fingerprint density at radius 3 is 1.55 bits per heavy atom. The fraction of sp³-hybridized carbons (Fsp3) is 1.00. The summed E-state index contributed by atoms with van der Waals surface area (Å²) in [4.78, 5) is 0. The molecule has 134 valence electrons. The lowest BCUT2D eigenvalue weighted by atomic mass is 10.0. The van der Waals surface area contributed by atoms with Gasteiger partial charge in [0, 0.05) is 0 Å². The molecule has 2 atom stereocenters. The van der Waals surface area contributed by atoms with Crippen LogP contribution in [0.15, 0.2) is 0 Å². The lowest BCUT2D eigenvalue weighted by Crippen LogP contribution is -2.16. The van der Waals surface area contributed by atoms with Gasteiger partial charge in [-0.3, -0.25) is 4.57 Å². The van der Waals surface area contributed by atoms with E-state index in [1.807, 2.05) is 0 Å². The van der Waals surface area contributed by atoms with Gasteiger partial charge in [0.05, 0.1) is 19.5 Å². The van der Waals surface area contributed by atoms with Crippen molar-refractivity contribution in [1.29, 1.82) is 0 Å². The second kappa shape index (κ2) is 13.5. The molecule has 0 saturated carbocycles. The Morgan fingerprint density at radius 1 is 0.864 bits per heavy atom. The maximum atomic E-state index is 12.6. The van der Waals surface area contributed by atoms with E-state index in [1.165, 1.54) is 25.7 Å². The highest BCUT2D eigenvalue weighted by Crippen LogP contribution is 2.47. The lowest BCUT2D eigenvalue weighted by molar-refractivity contribution is 0.151. The van der Waals surface area contributed by atoms with Crippen molar-refractivity contribution in [2.24, 2.45) is 17.6 Å². The van der Waals surface area contributed by atoms with Crippen LogP contribution < -0.4 is 5.73 Å². The van der Waals surface area contributed by atoms with Gasteiger partial charge in [0.25, 0.3) is 0 Å². The smallest absolute Gasteiger partial charge is 0.320 e. The zero-order chi connectivity index (χ0) is 16.8. The van der Waals surface area contributed by atoms with Gasteiger partial charge in [-0.1, -0.05) is 66.2 Å². The van der Waals surface area contributed by atoms with Crippen LogP contribution in [0.4, 0.5) is 0 Å². The number of hydrogen-bond acceptors (Lipinski definition) is 4. The zero-order valence-electron chi connectivity index (χ0n) is 15.2. The first-order valence-corrected chi connectivity index (χ1v) is 10.9. The van der Waals surface area contributed by atoms with Crippen molar-refractivity contribution in [1.82, 2.24) is 0 Å². The molecule has 0 aliphatic rings. The Balaban J connectivity index is 4.29. The molecule has 0 aliphatic heterocycles. The van der Waals surface area contributed by atoms with Gasteiger partial charge in [0.15, 0.2) is 0 Å². The summed E-state index contributed by atoms with van der Waals surface area (Å²) in [6.07, 6.45) is 9.01. The van der Waals surface area contributed by atoms with E-state index in [0.29, 0.717) is 25.0 Å². The molecule has 2 unspecified atom stereocenters. The van der Waals surface area contributed by atoms with Gasteiger partial charge >= 0.3 is 7.60 Å². The molecule has 0 heterocycles. The molecule has 0 aromatic heterocycles. The molecule has 0 aliphatic carbocycles. The van der Waals surface area contributed by atoms with Crippen molar-refractivity contribution in [2.45, 2.75) is 79.1 Å². The Morgan fingerprint density at radius 2 is 1.27 bits per heavy atom. The summed E-state index contributed by atoms with van der Waals surface area (Å²) in [5.41, 5.74) is 5.65. The van der Waals surface area contributed by atoms with E-state index in [4.69, 9.17) is 14.8 Å². The molecular formula is C17H38NO3P. The Bertz CT molecular complexity index is 276. The lowest BCUT2D eigenvalue weighted by Gasteiger charge is -2.23. The maximum absolute atomic E-state index is 12.6. The second-order valence-electron chi connectivity index (χ2n) is 6.22. The molecule has 5 heteroatoms. The van der Waals surface area contributed by atoms with Gasteiger partial charge in [-0.2, -0.15) is 0 Å². The minimum Gasteiger partial charge on any atom is -0.320 e. The second-order valence-corrected chi connectivity index (χ2v) is 8.32. The molecule has 0 spiro atoms. The minimum absolute atomic E-state index is 0.0264. The van der Waals surface area contributed by atoms with Crippen molar-refractivity contribution >= 4 is 7.60 Å². The van der Waals surface area contributed by atoms with E-state index in [-0.39, 0.29) is 6.29 Å². The highest BCUT2D eigenvalue weighted by Gasteiger charge is 2.25. The van der Waals surface area contributed by atoms with Crippen LogP contribution >= 0.6 is 7.60 Å². The van der Waals surface area contributed by atoms with Crippen molar-refractivity contribution in [3.05, 3.63) is 0 Å². The standard InChI is InChI=1S/C17H38NO3P/c1-5-9-11-16(7-3)13-20-22(19,15-18)21-14-17(8-4)12-10-6-2/h16-17H,5-15,18H2,1-4H3. The summed E-state index contributed by atoms with van der Waals surface area (Å²) in [7, 11) is -3.12. The fourth-order valence-corrected chi connectivity index (χ4v) is 3.54. The van der Waals surface area contributed by atoms with Crippen LogP contribution in [0.25, 0.3) is 0 Å². The van der Waals surface area contributed by atoms with Crippen LogP contribution in [0.2, 0.25) is 0 Å². The van der Waals surface area contributed by atoms with E-state index in [0.717, 1.165) is 25.7 Å². The SMILES string of the molecule is CCCCC(CC)COP(=O)(CN)OCC(CC)CCCC. The predicted molar refractivity (Wildman–Crippen MR) is 95.2 cm³/mol. The zero-order valence-corrected chi connectivity index (χ0v) is 16.1. The molecule has 0 saturated heterocycles. The molecule has 0 aromatic carbocycles. The van der Waals surface area contributed by atoms with Crippen molar-refractivity contribution in [3.63, 3.8) is 0 Å². The first kappa shape index (κ1) is 22.1. The van der Waals surface area contributed by atoms with Crippen LogP contribution in [0.1, 0.15) is 79.1 Å². The molecule has 4 nitrogen and oxygen atoms in total. The van der Waals surface area contributed by atoms with Crippen molar-refractivity contribution in [2.75, 3.05) is 19.5 Å². The number of unbranched alkanes of at least 4 members (excludes halogenated alkanes) is 2. The fourth-order valence-electron chi connectivity index (χ4n) is 2.38. The number of rotatable bonds is 15.